The van der Waals surface area contributed by atoms with E-state index >= 15 is 0 Å². The van der Waals surface area contributed by atoms with E-state index < -0.39 is 15.6 Å². The van der Waals surface area contributed by atoms with Crippen molar-refractivity contribution in [2.24, 2.45) is 5.92 Å². The summed E-state index contributed by atoms with van der Waals surface area (Å²) in [4.78, 5) is 13.0. The molecule has 0 atom stereocenters. The number of amides is 1. The SMILES string of the molecule is CC(C)(NC(=O)C1CCN(S(=O)(=O)c2cc(Cl)ccc2Cl)CC1)c1ccc2c(c1)OCO2. The molecule has 1 saturated heterocycles. The summed E-state index contributed by atoms with van der Waals surface area (Å²) < 4.78 is 38.1. The molecule has 1 N–H and O–H groups in total. The average Bonchev–Trinajstić information content (AvgIpc) is 3.23. The number of nitrogens with zero attached hydrogens (tertiary/aromatic N) is 1. The van der Waals surface area contributed by atoms with Gasteiger partial charge in [-0.1, -0.05) is 29.3 Å². The first-order valence-electron chi connectivity index (χ1n) is 10.3. The first-order chi connectivity index (χ1) is 15.1. The van der Waals surface area contributed by atoms with Crippen LogP contribution >= 0.6 is 23.2 Å². The molecule has 1 amide bonds. The Hall–Kier alpha value is -2.00. The maximum Gasteiger partial charge on any atom is 0.244 e. The summed E-state index contributed by atoms with van der Waals surface area (Å²) in [6.07, 6.45) is 0.834. The quantitative estimate of drug-likeness (QED) is 0.668. The normalized spacial score (nSPS) is 17.4. The molecule has 0 unspecified atom stereocenters. The van der Waals surface area contributed by atoms with Gasteiger partial charge in [0.25, 0.3) is 0 Å². The molecule has 0 radical (unpaired) electrons. The number of hydrogen-bond donors (Lipinski definition) is 1. The van der Waals surface area contributed by atoms with Crippen molar-refractivity contribution in [3.63, 3.8) is 0 Å². The molecule has 0 spiro atoms. The lowest BCUT2D eigenvalue weighted by atomic mass is 9.91. The Labute approximate surface area is 197 Å². The van der Waals surface area contributed by atoms with E-state index in [0.717, 1.165) is 5.56 Å². The molecule has 0 aliphatic carbocycles. The van der Waals surface area contributed by atoms with Crippen LogP contribution in [-0.4, -0.2) is 38.5 Å². The molecular weight excluding hydrogens is 475 g/mol. The smallest absolute Gasteiger partial charge is 0.244 e. The van der Waals surface area contributed by atoms with E-state index in [0.29, 0.717) is 29.4 Å². The fourth-order valence-corrected chi connectivity index (χ4v) is 6.15. The third-order valence-corrected chi connectivity index (χ3v) is 8.48. The molecule has 0 aromatic heterocycles. The fraction of sp³-hybridized carbons (Fsp3) is 0.409. The topological polar surface area (TPSA) is 84.9 Å². The molecule has 2 aliphatic rings. The van der Waals surface area contributed by atoms with Crippen molar-refractivity contribution in [1.82, 2.24) is 9.62 Å². The number of carbonyl (C=O) groups is 1. The molecular formula is C22H24Cl2N2O5S. The Morgan fingerprint density at radius 3 is 2.47 bits per heavy atom. The molecule has 0 bridgehead atoms. The molecule has 4 rings (SSSR count). The number of sulfonamides is 1. The zero-order valence-electron chi connectivity index (χ0n) is 17.7. The summed E-state index contributed by atoms with van der Waals surface area (Å²) in [5, 5.41) is 3.52. The third kappa shape index (κ3) is 4.55. The highest BCUT2D eigenvalue weighted by Gasteiger charge is 2.35. The summed E-state index contributed by atoms with van der Waals surface area (Å²) in [5.41, 5.74) is 0.265. The fourth-order valence-electron chi connectivity index (χ4n) is 3.94. The predicted molar refractivity (Wildman–Crippen MR) is 122 cm³/mol. The number of benzene rings is 2. The van der Waals surface area contributed by atoms with E-state index in [-0.39, 0.29) is 41.6 Å². The van der Waals surface area contributed by atoms with E-state index in [2.05, 4.69) is 5.32 Å². The first kappa shape index (κ1) is 23.2. The molecule has 2 aromatic rings. The van der Waals surface area contributed by atoms with Crippen LogP contribution in [0.5, 0.6) is 11.5 Å². The van der Waals surface area contributed by atoms with Crippen molar-refractivity contribution in [3.8, 4) is 11.5 Å². The summed E-state index contributed by atoms with van der Waals surface area (Å²) >= 11 is 12.1. The number of carbonyl (C=O) groups excluding carboxylic acids is 1. The number of rotatable bonds is 5. The van der Waals surface area contributed by atoms with Gasteiger partial charge in [-0.15, -0.1) is 0 Å². The van der Waals surface area contributed by atoms with Crippen LogP contribution in [0.4, 0.5) is 0 Å². The monoisotopic (exact) mass is 498 g/mol. The molecule has 10 heteroatoms. The van der Waals surface area contributed by atoms with E-state index in [9.17, 15) is 13.2 Å². The zero-order chi connectivity index (χ0) is 23.1. The molecule has 7 nitrogen and oxygen atoms in total. The van der Waals surface area contributed by atoms with Gasteiger partial charge in [0.1, 0.15) is 4.90 Å². The second-order valence-electron chi connectivity index (χ2n) is 8.44. The third-order valence-electron chi connectivity index (χ3n) is 5.87. The van der Waals surface area contributed by atoms with E-state index in [1.165, 1.54) is 16.4 Å². The number of hydrogen-bond acceptors (Lipinski definition) is 5. The molecule has 0 saturated carbocycles. The second-order valence-corrected chi connectivity index (χ2v) is 11.2. The van der Waals surface area contributed by atoms with Crippen molar-refractivity contribution >= 4 is 39.1 Å². The first-order valence-corrected chi connectivity index (χ1v) is 12.4. The van der Waals surface area contributed by atoms with Crippen LogP contribution in [-0.2, 0) is 20.4 Å². The summed E-state index contributed by atoms with van der Waals surface area (Å²) in [7, 11) is -3.79. The minimum atomic E-state index is -3.79. The Kier molecular flexibility index (Phi) is 6.33. The van der Waals surface area contributed by atoms with Crippen molar-refractivity contribution in [2.45, 2.75) is 37.1 Å². The highest BCUT2D eigenvalue weighted by molar-refractivity contribution is 7.89. The van der Waals surface area contributed by atoms with Gasteiger partial charge in [-0.3, -0.25) is 4.79 Å². The van der Waals surface area contributed by atoms with Gasteiger partial charge >= 0.3 is 0 Å². The van der Waals surface area contributed by atoms with E-state index in [1.54, 1.807) is 6.07 Å². The van der Waals surface area contributed by atoms with Crippen molar-refractivity contribution < 1.29 is 22.7 Å². The number of halogens is 2. The Balaban J connectivity index is 1.40. The predicted octanol–water partition coefficient (Wildman–Crippen LogP) is 4.17. The molecule has 1 fully saturated rings. The summed E-state index contributed by atoms with van der Waals surface area (Å²) in [6.45, 7) is 4.49. The van der Waals surface area contributed by atoms with Gasteiger partial charge in [0.2, 0.25) is 22.7 Å². The molecule has 2 aromatic carbocycles. The van der Waals surface area contributed by atoms with Crippen LogP contribution in [0.1, 0.15) is 32.3 Å². The molecule has 172 valence electrons. The Morgan fingerprint density at radius 1 is 1.06 bits per heavy atom. The van der Waals surface area contributed by atoms with Gasteiger partial charge in [0, 0.05) is 24.0 Å². The van der Waals surface area contributed by atoms with E-state index in [4.69, 9.17) is 32.7 Å². The molecule has 32 heavy (non-hydrogen) atoms. The number of nitrogens with one attached hydrogen (secondary N) is 1. The Morgan fingerprint density at radius 2 is 1.75 bits per heavy atom. The lowest BCUT2D eigenvalue weighted by Gasteiger charge is -2.34. The number of piperidine rings is 1. The Bertz CT molecular complexity index is 1150. The van der Waals surface area contributed by atoms with Gasteiger partial charge < -0.3 is 14.8 Å². The maximum absolute atomic E-state index is 13.0. The van der Waals surface area contributed by atoms with Gasteiger partial charge in [-0.25, -0.2) is 8.42 Å². The van der Waals surface area contributed by atoms with Crippen molar-refractivity contribution in [3.05, 3.63) is 52.0 Å². The van der Waals surface area contributed by atoms with E-state index in [1.807, 2.05) is 32.0 Å². The minimum Gasteiger partial charge on any atom is -0.454 e. The minimum absolute atomic E-state index is 0.0153. The summed E-state index contributed by atoms with van der Waals surface area (Å²) in [6, 6.07) is 9.96. The van der Waals surface area contributed by atoms with Crippen LogP contribution in [0.2, 0.25) is 10.0 Å². The van der Waals surface area contributed by atoms with Gasteiger partial charge in [0.15, 0.2) is 11.5 Å². The van der Waals surface area contributed by atoms with Crippen LogP contribution < -0.4 is 14.8 Å². The van der Waals surface area contributed by atoms with Crippen molar-refractivity contribution in [1.29, 1.82) is 0 Å². The van der Waals surface area contributed by atoms with Crippen LogP contribution in [0.3, 0.4) is 0 Å². The zero-order valence-corrected chi connectivity index (χ0v) is 20.1. The van der Waals surface area contributed by atoms with Gasteiger partial charge in [-0.2, -0.15) is 4.31 Å². The maximum atomic E-state index is 13.0. The van der Waals surface area contributed by atoms with Crippen LogP contribution in [0.15, 0.2) is 41.3 Å². The molecule has 2 heterocycles. The van der Waals surface area contributed by atoms with Crippen LogP contribution in [0, 0.1) is 5.92 Å². The van der Waals surface area contributed by atoms with Gasteiger partial charge in [0.05, 0.1) is 10.6 Å². The van der Waals surface area contributed by atoms with Crippen LogP contribution in [0.25, 0.3) is 0 Å². The highest BCUT2D eigenvalue weighted by atomic mass is 35.5. The highest BCUT2D eigenvalue weighted by Crippen LogP contribution is 2.36. The summed E-state index contributed by atoms with van der Waals surface area (Å²) in [5.74, 6) is 0.947. The largest absolute Gasteiger partial charge is 0.454 e. The lowest BCUT2D eigenvalue weighted by molar-refractivity contribution is -0.127. The standard InChI is InChI=1S/C22H24Cl2N2O5S/c1-22(2,15-3-6-18-19(11-15)31-13-30-18)25-21(27)14-7-9-26(10-8-14)32(28,29)20-12-16(23)4-5-17(20)24/h3-6,11-12,14H,7-10,13H2,1-2H3,(H,25,27). The average molecular weight is 499 g/mol. The lowest BCUT2D eigenvalue weighted by Crippen LogP contribution is -2.47. The van der Waals surface area contributed by atoms with Crippen molar-refractivity contribution in [2.75, 3.05) is 19.9 Å². The number of fused-ring (bicyclic) bond motifs is 1. The molecule has 2 aliphatic heterocycles. The van der Waals surface area contributed by atoms with Gasteiger partial charge in [-0.05, 0) is 62.6 Å². The second kappa shape index (κ2) is 8.74. The number of ether oxygens (including phenoxy) is 2.